The molecular weight excluding hydrogens is 366 g/mol. The number of carbonyl (C=O) groups excluding carboxylic acids is 3. The molecule has 29 heavy (non-hydrogen) atoms. The first-order chi connectivity index (χ1) is 14.0. The van der Waals surface area contributed by atoms with Crippen molar-refractivity contribution < 1.29 is 19.1 Å². The minimum atomic E-state index is -1.04. The summed E-state index contributed by atoms with van der Waals surface area (Å²) in [5, 5.41) is 0. The van der Waals surface area contributed by atoms with Gasteiger partial charge < -0.3 is 9.64 Å². The monoisotopic (exact) mass is 387 g/mol. The number of hydrogen-bond donors (Lipinski definition) is 0. The minimum Gasteiger partial charge on any atom is -0.444 e. The fourth-order valence-electron chi connectivity index (χ4n) is 2.81. The van der Waals surface area contributed by atoms with E-state index in [1.807, 2.05) is 12.1 Å². The molecular formula is C24H21NO4. The average Bonchev–Trinajstić information content (AvgIpc) is 2.77. The maximum Gasteiger partial charge on any atom is 0.339 e. The van der Waals surface area contributed by atoms with E-state index in [0.717, 1.165) is 0 Å². The summed E-state index contributed by atoms with van der Waals surface area (Å²) in [7, 11) is 3.21. The zero-order valence-corrected chi connectivity index (χ0v) is 16.2. The predicted molar refractivity (Wildman–Crippen MR) is 110 cm³/mol. The first kappa shape index (κ1) is 20.0. The van der Waals surface area contributed by atoms with Gasteiger partial charge >= 0.3 is 5.97 Å². The van der Waals surface area contributed by atoms with Gasteiger partial charge in [-0.15, -0.1) is 0 Å². The summed E-state index contributed by atoms with van der Waals surface area (Å²) in [4.78, 5) is 39.0. The second-order valence-corrected chi connectivity index (χ2v) is 6.70. The molecule has 0 saturated heterocycles. The third-order valence-corrected chi connectivity index (χ3v) is 4.41. The molecule has 146 valence electrons. The molecule has 5 nitrogen and oxygen atoms in total. The van der Waals surface area contributed by atoms with Gasteiger partial charge in [-0.3, -0.25) is 9.59 Å². The number of ketones is 1. The van der Waals surface area contributed by atoms with Gasteiger partial charge in [0.15, 0.2) is 5.78 Å². The molecule has 3 aromatic carbocycles. The number of hydrogen-bond acceptors (Lipinski definition) is 4. The van der Waals surface area contributed by atoms with E-state index in [9.17, 15) is 14.4 Å². The quantitative estimate of drug-likeness (QED) is 0.475. The van der Waals surface area contributed by atoms with Crippen LogP contribution in [0.4, 0.5) is 0 Å². The van der Waals surface area contributed by atoms with Gasteiger partial charge in [0.25, 0.3) is 5.91 Å². The molecule has 0 fully saturated rings. The van der Waals surface area contributed by atoms with Gasteiger partial charge in [0, 0.05) is 30.8 Å². The summed E-state index contributed by atoms with van der Waals surface area (Å²) in [5.74, 6) is -1.09. The molecule has 0 radical (unpaired) electrons. The van der Waals surface area contributed by atoms with Crippen LogP contribution >= 0.6 is 0 Å². The van der Waals surface area contributed by atoms with Crippen molar-refractivity contribution in [2.45, 2.75) is 6.10 Å². The lowest BCUT2D eigenvalue weighted by Gasteiger charge is -2.21. The Kier molecular flexibility index (Phi) is 6.19. The number of likely N-dealkylation sites (N-methyl/N-ethyl adjacent to an activating group) is 1. The molecule has 3 rings (SSSR count). The van der Waals surface area contributed by atoms with Gasteiger partial charge in [-0.05, 0) is 12.1 Å². The first-order valence-corrected chi connectivity index (χ1v) is 9.14. The fourth-order valence-corrected chi connectivity index (χ4v) is 2.81. The highest BCUT2D eigenvalue weighted by Crippen LogP contribution is 2.21. The van der Waals surface area contributed by atoms with Crippen LogP contribution in [-0.4, -0.2) is 36.7 Å². The Hall–Kier alpha value is -3.73. The SMILES string of the molecule is CN(C)C(=O)[C@@H](OC(=O)c1ccc(C(=O)c2ccccc2)cc1)c1ccccc1. The Morgan fingerprint density at radius 1 is 0.690 bits per heavy atom. The van der Waals surface area contributed by atoms with Crippen LogP contribution in [0.2, 0.25) is 0 Å². The third kappa shape index (κ3) is 4.76. The summed E-state index contributed by atoms with van der Waals surface area (Å²) in [6.07, 6.45) is -1.04. The molecule has 1 atom stereocenters. The van der Waals surface area contributed by atoms with E-state index in [4.69, 9.17) is 4.74 Å². The molecule has 3 aromatic rings. The smallest absolute Gasteiger partial charge is 0.339 e. The van der Waals surface area contributed by atoms with Gasteiger partial charge in [-0.1, -0.05) is 72.8 Å². The molecule has 0 aliphatic heterocycles. The number of esters is 1. The zero-order valence-electron chi connectivity index (χ0n) is 16.2. The Labute approximate surface area is 169 Å². The number of rotatable bonds is 6. The van der Waals surface area contributed by atoms with Crippen LogP contribution in [0.25, 0.3) is 0 Å². The zero-order chi connectivity index (χ0) is 20.8. The maximum atomic E-state index is 12.6. The number of ether oxygens (including phenoxy) is 1. The van der Waals surface area contributed by atoms with E-state index in [2.05, 4.69) is 0 Å². The van der Waals surface area contributed by atoms with Crippen molar-refractivity contribution in [2.24, 2.45) is 0 Å². The van der Waals surface area contributed by atoms with Crippen molar-refractivity contribution in [3.63, 3.8) is 0 Å². The van der Waals surface area contributed by atoms with Crippen LogP contribution in [0, 0.1) is 0 Å². The van der Waals surface area contributed by atoms with Crippen LogP contribution < -0.4 is 0 Å². The summed E-state index contributed by atoms with van der Waals surface area (Å²) in [5.41, 5.74) is 1.90. The van der Waals surface area contributed by atoms with Crippen molar-refractivity contribution in [3.05, 3.63) is 107 Å². The highest BCUT2D eigenvalue weighted by molar-refractivity contribution is 6.09. The lowest BCUT2D eigenvalue weighted by atomic mass is 10.0. The molecule has 0 bridgehead atoms. The van der Waals surface area contributed by atoms with Crippen LogP contribution in [-0.2, 0) is 9.53 Å². The lowest BCUT2D eigenvalue weighted by molar-refractivity contribution is -0.138. The topological polar surface area (TPSA) is 63.7 Å². The van der Waals surface area contributed by atoms with E-state index >= 15 is 0 Å². The number of amides is 1. The summed E-state index contributed by atoms with van der Waals surface area (Å²) in [6.45, 7) is 0. The normalized spacial score (nSPS) is 11.4. The number of nitrogens with zero attached hydrogens (tertiary/aromatic N) is 1. The molecule has 0 N–H and O–H groups in total. The minimum absolute atomic E-state index is 0.129. The van der Waals surface area contributed by atoms with Gasteiger partial charge in [0.2, 0.25) is 6.10 Å². The molecule has 0 spiro atoms. The number of carbonyl (C=O) groups is 3. The van der Waals surface area contributed by atoms with Crippen LogP contribution in [0.15, 0.2) is 84.9 Å². The highest BCUT2D eigenvalue weighted by atomic mass is 16.5. The molecule has 0 unspecified atom stereocenters. The Balaban J connectivity index is 1.78. The molecule has 0 heterocycles. The molecule has 0 saturated carbocycles. The van der Waals surface area contributed by atoms with Crippen molar-refractivity contribution >= 4 is 17.7 Å². The summed E-state index contributed by atoms with van der Waals surface area (Å²) in [6, 6.07) is 24.0. The first-order valence-electron chi connectivity index (χ1n) is 9.14. The largest absolute Gasteiger partial charge is 0.444 e. The van der Waals surface area contributed by atoms with Gasteiger partial charge in [-0.2, -0.15) is 0 Å². The van der Waals surface area contributed by atoms with Crippen molar-refractivity contribution in [3.8, 4) is 0 Å². The van der Waals surface area contributed by atoms with E-state index < -0.39 is 12.1 Å². The Morgan fingerprint density at radius 3 is 1.72 bits per heavy atom. The molecule has 0 aliphatic rings. The van der Waals surface area contributed by atoms with Gasteiger partial charge in [-0.25, -0.2) is 4.79 Å². The second kappa shape index (κ2) is 8.97. The van der Waals surface area contributed by atoms with E-state index in [-0.39, 0.29) is 17.3 Å². The van der Waals surface area contributed by atoms with Crippen LogP contribution in [0.1, 0.15) is 37.9 Å². The average molecular weight is 387 g/mol. The molecule has 0 aromatic heterocycles. The standard InChI is InChI=1S/C24H21NO4/c1-25(2)23(27)22(19-11-7-4-8-12-19)29-24(28)20-15-13-18(14-16-20)21(26)17-9-5-3-6-10-17/h3-16,22H,1-2H3/t22-/m0/s1. The summed E-state index contributed by atoms with van der Waals surface area (Å²) >= 11 is 0. The van der Waals surface area contributed by atoms with Crippen LogP contribution in [0.3, 0.4) is 0 Å². The third-order valence-electron chi connectivity index (χ3n) is 4.41. The van der Waals surface area contributed by atoms with Crippen molar-refractivity contribution in [1.29, 1.82) is 0 Å². The fraction of sp³-hybridized carbons (Fsp3) is 0.125. The van der Waals surface area contributed by atoms with Crippen LogP contribution in [0.5, 0.6) is 0 Å². The highest BCUT2D eigenvalue weighted by Gasteiger charge is 2.27. The molecule has 1 amide bonds. The summed E-state index contributed by atoms with van der Waals surface area (Å²) < 4.78 is 5.52. The number of benzene rings is 3. The van der Waals surface area contributed by atoms with Gasteiger partial charge in [0.1, 0.15) is 0 Å². The van der Waals surface area contributed by atoms with Crippen molar-refractivity contribution in [2.75, 3.05) is 14.1 Å². The van der Waals surface area contributed by atoms with E-state index in [1.54, 1.807) is 74.8 Å². The van der Waals surface area contributed by atoms with E-state index in [1.165, 1.54) is 17.0 Å². The predicted octanol–water partition coefficient (Wildman–Crippen LogP) is 3.90. The Bertz CT molecular complexity index is 996. The molecule has 5 heteroatoms. The lowest BCUT2D eigenvalue weighted by Crippen LogP contribution is -2.31. The van der Waals surface area contributed by atoms with E-state index in [0.29, 0.717) is 16.7 Å². The van der Waals surface area contributed by atoms with Gasteiger partial charge in [0.05, 0.1) is 5.56 Å². The van der Waals surface area contributed by atoms with Crippen molar-refractivity contribution in [1.82, 2.24) is 4.90 Å². The second-order valence-electron chi connectivity index (χ2n) is 6.70. The maximum absolute atomic E-state index is 12.6. The molecule has 0 aliphatic carbocycles. The Morgan fingerprint density at radius 2 is 1.17 bits per heavy atom.